The Bertz CT molecular complexity index is 553. The van der Waals surface area contributed by atoms with Gasteiger partial charge in [0.2, 0.25) is 0 Å². The number of halogens is 1. The number of aromatic nitrogens is 2. The predicted molar refractivity (Wildman–Crippen MR) is 89.8 cm³/mol. The summed E-state index contributed by atoms with van der Waals surface area (Å²) in [6.07, 6.45) is 5.24. The summed E-state index contributed by atoms with van der Waals surface area (Å²) in [6.45, 7) is 5.98. The minimum Gasteiger partial charge on any atom is -0.380 e. The van der Waals surface area contributed by atoms with Crippen molar-refractivity contribution in [2.45, 2.75) is 45.7 Å². The van der Waals surface area contributed by atoms with E-state index in [-0.39, 0.29) is 5.56 Å². The molecule has 0 aliphatic heterocycles. The molecule has 0 aromatic carbocycles. The Labute approximate surface area is 134 Å². The van der Waals surface area contributed by atoms with E-state index >= 15 is 0 Å². The molecular formula is C15H25BrN4O. The van der Waals surface area contributed by atoms with Crippen LogP contribution in [0.5, 0.6) is 0 Å². The van der Waals surface area contributed by atoms with Crippen molar-refractivity contribution >= 4 is 21.6 Å². The smallest absolute Gasteiger partial charge is 0.283 e. The van der Waals surface area contributed by atoms with E-state index in [0.717, 1.165) is 25.1 Å². The highest BCUT2D eigenvalue weighted by molar-refractivity contribution is 9.10. The Morgan fingerprint density at radius 2 is 2.24 bits per heavy atom. The third-order valence-electron chi connectivity index (χ3n) is 4.07. The number of nitrogens with one attached hydrogen (secondary N) is 1. The minimum atomic E-state index is -0.0703. The molecule has 1 atom stereocenters. The zero-order valence-electron chi connectivity index (χ0n) is 13.3. The van der Waals surface area contributed by atoms with Crippen LogP contribution in [-0.2, 0) is 6.54 Å². The van der Waals surface area contributed by atoms with Crippen molar-refractivity contribution in [1.82, 2.24) is 14.7 Å². The van der Waals surface area contributed by atoms with Crippen LogP contribution in [0.15, 0.2) is 15.5 Å². The van der Waals surface area contributed by atoms with Crippen LogP contribution >= 0.6 is 15.9 Å². The van der Waals surface area contributed by atoms with Gasteiger partial charge < -0.3 is 10.2 Å². The lowest BCUT2D eigenvalue weighted by molar-refractivity contribution is 0.367. The summed E-state index contributed by atoms with van der Waals surface area (Å²) in [7, 11) is 3.97. The molecule has 118 valence electrons. The number of hydrogen-bond acceptors (Lipinski definition) is 4. The second-order valence-electron chi connectivity index (χ2n) is 6.95. The summed E-state index contributed by atoms with van der Waals surface area (Å²) in [6, 6.07) is 0.426. The number of likely N-dealkylation sites (N-methyl/N-ethyl adjacent to an activating group) is 1. The van der Waals surface area contributed by atoms with E-state index in [1.807, 2.05) is 19.0 Å². The third kappa shape index (κ3) is 4.30. The monoisotopic (exact) mass is 356 g/mol. The number of anilines is 1. The maximum absolute atomic E-state index is 12.3. The Kier molecular flexibility index (Phi) is 5.09. The van der Waals surface area contributed by atoms with Crippen molar-refractivity contribution in [2.75, 3.05) is 26.0 Å². The van der Waals surface area contributed by atoms with Gasteiger partial charge in [0.05, 0.1) is 18.4 Å². The lowest BCUT2D eigenvalue weighted by Crippen LogP contribution is -2.30. The molecule has 1 heterocycles. The highest BCUT2D eigenvalue weighted by Gasteiger charge is 2.31. The van der Waals surface area contributed by atoms with Crippen molar-refractivity contribution in [3.8, 4) is 0 Å². The molecule has 0 saturated heterocycles. The summed E-state index contributed by atoms with van der Waals surface area (Å²) in [5, 5.41) is 7.74. The zero-order chi connectivity index (χ0) is 15.6. The van der Waals surface area contributed by atoms with E-state index in [1.54, 1.807) is 6.20 Å². The minimum absolute atomic E-state index is 0.0703. The molecule has 21 heavy (non-hydrogen) atoms. The van der Waals surface area contributed by atoms with Crippen LogP contribution in [0.4, 0.5) is 5.69 Å². The van der Waals surface area contributed by atoms with Gasteiger partial charge in [0.1, 0.15) is 4.47 Å². The van der Waals surface area contributed by atoms with Gasteiger partial charge in [-0.3, -0.25) is 4.79 Å². The third-order valence-corrected chi connectivity index (χ3v) is 4.84. The maximum atomic E-state index is 12.3. The van der Waals surface area contributed by atoms with Gasteiger partial charge in [-0.15, -0.1) is 0 Å². The molecule has 1 saturated carbocycles. The Balaban J connectivity index is 2.08. The molecule has 1 aromatic heterocycles. The first-order chi connectivity index (χ1) is 9.78. The van der Waals surface area contributed by atoms with Crippen LogP contribution in [0.3, 0.4) is 0 Å². The molecule has 0 bridgehead atoms. The van der Waals surface area contributed by atoms with Crippen molar-refractivity contribution in [3.05, 3.63) is 21.0 Å². The molecule has 5 nitrogen and oxygen atoms in total. The molecule has 1 N–H and O–H groups in total. The van der Waals surface area contributed by atoms with Gasteiger partial charge in [-0.1, -0.05) is 13.8 Å². The highest BCUT2D eigenvalue weighted by atomic mass is 79.9. The molecule has 1 fully saturated rings. The number of hydrogen-bond donors (Lipinski definition) is 1. The largest absolute Gasteiger partial charge is 0.380 e. The van der Waals surface area contributed by atoms with Crippen molar-refractivity contribution in [1.29, 1.82) is 0 Å². The quantitative estimate of drug-likeness (QED) is 0.880. The van der Waals surface area contributed by atoms with Crippen LogP contribution in [-0.4, -0.2) is 41.4 Å². The lowest BCUT2D eigenvalue weighted by Gasteiger charge is -2.19. The van der Waals surface area contributed by atoms with Crippen LogP contribution in [0.25, 0.3) is 0 Å². The lowest BCUT2D eigenvalue weighted by atomic mass is 9.92. The highest BCUT2D eigenvalue weighted by Crippen LogP contribution is 2.38. The van der Waals surface area contributed by atoms with Gasteiger partial charge in [-0.25, -0.2) is 4.68 Å². The molecule has 1 aliphatic carbocycles. The van der Waals surface area contributed by atoms with Crippen molar-refractivity contribution < 1.29 is 0 Å². The van der Waals surface area contributed by atoms with E-state index in [0.29, 0.717) is 22.5 Å². The van der Waals surface area contributed by atoms with Crippen LogP contribution in [0.1, 0.15) is 33.1 Å². The van der Waals surface area contributed by atoms with E-state index in [2.05, 4.69) is 40.2 Å². The summed E-state index contributed by atoms with van der Waals surface area (Å²) in [5.74, 6) is 0. The van der Waals surface area contributed by atoms with E-state index in [1.165, 1.54) is 11.1 Å². The molecule has 1 aliphatic rings. The van der Waals surface area contributed by atoms with Gasteiger partial charge in [-0.2, -0.15) is 5.10 Å². The standard InChI is InChI=1S/C15H25BrN4O/c1-15(2)6-5-11(9-15)18-12-10-17-20(8-7-19(3)4)14(21)13(12)16/h10-11,18H,5-9H2,1-4H3. The van der Waals surface area contributed by atoms with Crippen LogP contribution in [0, 0.1) is 5.41 Å². The molecule has 2 rings (SSSR count). The second kappa shape index (κ2) is 6.48. The van der Waals surface area contributed by atoms with Gasteiger partial charge in [0, 0.05) is 12.6 Å². The Morgan fingerprint density at radius 3 is 2.81 bits per heavy atom. The Morgan fingerprint density at radius 1 is 1.52 bits per heavy atom. The first kappa shape index (κ1) is 16.5. The molecule has 0 spiro atoms. The first-order valence-corrected chi connectivity index (χ1v) is 8.25. The van der Waals surface area contributed by atoms with E-state index < -0.39 is 0 Å². The van der Waals surface area contributed by atoms with Crippen LogP contribution in [0.2, 0.25) is 0 Å². The van der Waals surface area contributed by atoms with Crippen LogP contribution < -0.4 is 10.9 Å². The molecule has 0 amide bonds. The summed E-state index contributed by atoms with van der Waals surface area (Å²) in [5.41, 5.74) is 1.13. The molecule has 1 aromatic rings. The van der Waals surface area contributed by atoms with Gasteiger partial charge in [0.25, 0.3) is 5.56 Å². The second-order valence-corrected chi connectivity index (χ2v) is 7.75. The fourth-order valence-corrected chi connectivity index (χ4v) is 3.22. The average molecular weight is 357 g/mol. The van der Waals surface area contributed by atoms with E-state index in [4.69, 9.17) is 0 Å². The SMILES string of the molecule is CN(C)CCn1ncc(NC2CCC(C)(C)C2)c(Br)c1=O. The molecule has 1 unspecified atom stereocenters. The van der Waals surface area contributed by atoms with E-state index in [9.17, 15) is 4.79 Å². The number of nitrogens with zero attached hydrogens (tertiary/aromatic N) is 3. The van der Waals surface area contributed by atoms with Crippen molar-refractivity contribution in [3.63, 3.8) is 0 Å². The van der Waals surface area contributed by atoms with Gasteiger partial charge >= 0.3 is 0 Å². The summed E-state index contributed by atoms with van der Waals surface area (Å²) >= 11 is 3.42. The van der Waals surface area contributed by atoms with Gasteiger partial charge in [-0.05, 0) is 54.7 Å². The topological polar surface area (TPSA) is 50.2 Å². The molecular weight excluding hydrogens is 332 g/mol. The Hall–Kier alpha value is -0.880. The van der Waals surface area contributed by atoms with Crippen molar-refractivity contribution in [2.24, 2.45) is 5.41 Å². The fourth-order valence-electron chi connectivity index (χ4n) is 2.80. The normalized spacial score (nSPS) is 21.0. The first-order valence-electron chi connectivity index (χ1n) is 7.45. The van der Waals surface area contributed by atoms with Gasteiger partial charge in [0.15, 0.2) is 0 Å². The summed E-state index contributed by atoms with van der Waals surface area (Å²) in [4.78, 5) is 14.3. The average Bonchev–Trinajstić information content (AvgIpc) is 2.73. The maximum Gasteiger partial charge on any atom is 0.283 e. The number of rotatable bonds is 5. The molecule has 6 heteroatoms. The summed E-state index contributed by atoms with van der Waals surface area (Å²) < 4.78 is 2.09. The predicted octanol–water partition coefficient (Wildman–Crippen LogP) is 2.56. The fraction of sp³-hybridized carbons (Fsp3) is 0.733. The zero-order valence-corrected chi connectivity index (χ0v) is 14.9. The molecule has 0 radical (unpaired) electrons.